The molecular weight excluding hydrogens is 262 g/mol. The third-order valence-electron chi connectivity index (χ3n) is 2.07. The Hall–Kier alpha value is -1.24. The minimum atomic E-state index is 0.00174. The molecule has 15 heavy (non-hydrogen) atoms. The van der Waals surface area contributed by atoms with Crippen molar-refractivity contribution in [3.63, 3.8) is 0 Å². The number of carbonyl (C=O) groups is 1. The average molecular weight is 272 g/mol. The second-order valence-electron chi connectivity index (χ2n) is 3.35. The van der Waals surface area contributed by atoms with Crippen LogP contribution in [0.1, 0.15) is 12.2 Å². The Balaban J connectivity index is 2.33. The first-order chi connectivity index (χ1) is 7.06. The van der Waals surface area contributed by atoms with E-state index in [-0.39, 0.29) is 16.7 Å². The number of nitrogen functional groups attached to an aromatic ring is 1. The van der Waals surface area contributed by atoms with Crippen molar-refractivity contribution in [3.05, 3.63) is 5.82 Å². The zero-order valence-corrected chi connectivity index (χ0v) is 9.73. The zero-order valence-electron chi connectivity index (χ0n) is 8.14. The molecule has 0 radical (unpaired) electrons. The summed E-state index contributed by atoms with van der Waals surface area (Å²) in [7, 11) is 0. The predicted octanol–water partition coefficient (Wildman–Crippen LogP) is 0.262. The van der Waals surface area contributed by atoms with Gasteiger partial charge in [0.1, 0.15) is 5.82 Å². The lowest BCUT2D eigenvalue weighted by Gasteiger charge is -2.13. The van der Waals surface area contributed by atoms with Crippen LogP contribution in [-0.2, 0) is 4.79 Å². The van der Waals surface area contributed by atoms with Gasteiger partial charge in [0.15, 0.2) is 0 Å². The zero-order chi connectivity index (χ0) is 11.0. The lowest BCUT2D eigenvalue weighted by Crippen LogP contribution is -2.27. The third-order valence-corrected chi connectivity index (χ3v) is 2.69. The fourth-order valence-electron chi connectivity index (χ4n) is 1.47. The first kappa shape index (κ1) is 10.3. The highest BCUT2D eigenvalue weighted by Gasteiger charge is 2.30. The third kappa shape index (κ3) is 2.06. The summed E-state index contributed by atoms with van der Waals surface area (Å²) < 4.78 is 0. The van der Waals surface area contributed by atoms with E-state index in [4.69, 9.17) is 5.73 Å². The lowest BCUT2D eigenvalue weighted by atomic mass is 10.4. The Morgan fingerprint density at radius 1 is 1.47 bits per heavy atom. The van der Waals surface area contributed by atoms with E-state index >= 15 is 0 Å². The maximum Gasteiger partial charge on any atom is 0.237 e. The molecule has 1 aliphatic heterocycles. The van der Waals surface area contributed by atoms with Gasteiger partial charge in [0.25, 0.3) is 0 Å². The molecule has 0 aromatic carbocycles. The molecule has 1 saturated heterocycles. The number of hydrogen-bond donors (Lipinski definition) is 1. The van der Waals surface area contributed by atoms with Crippen molar-refractivity contribution in [1.29, 1.82) is 0 Å². The van der Waals surface area contributed by atoms with Gasteiger partial charge in [0, 0.05) is 17.8 Å². The number of alkyl halides is 1. The van der Waals surface area contributed by atoms with Crippen molar-refractivity contribution in [2.24, 2.45) is 0 Å². The van der Waals surface area contributed by atoms with E-state index in [1.807, 2.05) is 0 Å². The molecule has 0 aliphatic carbocycles. The molecule has 6 nitrogen and oxygen atoms in total. The second-order valence-corrected chi connectivity index (χ2v) is 4.64. The number of nitrogens with two attached hydrogens (primary N) is 1. The lowest BCUT2D eigenvalue weighted by molar-refractivity contribution is -0.117. The van der Waals surface area contributed by atoms with Gasteiger partial charge in [0.05, 0.1) is 0 Å². The molecule has 0 saturated carbocycles. The average Bonchev–Trinajstić information content (AvgIpc) is 2.43. The van der Waals surface area contributed by atoms with E-state index in [1.165, 1.54) is 4.90 Å². The van der Waals surface area contributed by atoms with Crippen LogP contribution in [0.4, 0.5) is 11.9 Å². The summed E-state index contributed by atoms with van der Waals surface area (Å²) >= 11 is 3.39. The summed E-state index contributed by atoms with van der Waals surface area (Å²) in [6.07, 6.45) is 0.463. The fraction of sp³-hybridized carbons (Fsp3) is 0.500. The molecule has 1 fully saturated rings. The van der Waals surface area contributed by atoms with Gasteiger partial charge in [-0.1, -0.05) is 15.9 Å². The summed E-state index contributed by atoms with van der Waals surface area (Å²) in [6.45, 7) is 2.29. The number of aromatic nitrogens is 3. The minimum Gasteiger partial charge on any atom is -0.368 e. The van der Waals surface area contributed by atoms with E-state index in [0.717, 1.165) is 0 Å². The molecule has 7 heteroatoms. The van der Waals surface area contributed by atoms with Crippen LogP contribution in [0, 0.1) is 6.92 Å². The number of halogens is 1. The molecule has 1 atom stereocenters. The highest BCUT2D eigenvalue weighted by Crippen LogP contribution is 2.22. The van der Waals surface area contributed by atoms with E-state index in [1.54, 1.807) is 6.92 Å². The number of carbonyl (C=O) groups excluding carboxylic acids is 1. The van der Waals surface area contributed by atoms with Crippen LogP contribution in [0.15, 0.2) is 0 Å². The van der Waals surface area contributed by atoms with Gasteiger partial charge in [-0.3, -0.25) is 9.69 Å². The number of amides is 1. The van der Waals surface area contributed by atoms with E-state index in [0.29, 0.717) is 24.7 Å². The Morgan fingerprint density at radius 2 is 2.20 bits per heavy atom. The molecule has 1 aromatic heterocycles. The molecule has 80 valence electrons. The van der Waals surface area contributed by atoms with Gasteiger partial charge in [-0.2, -0.15) is 15.0 Å². The van der Waals surface area contributed by atoms with E-state index in [9.17, 15) is 4.79 Å². The van der Waals surface area contributed by atoms with Gasteiger partial charge in [-0.15, -0.1) is 0 Å². The number of anilines is 2. The highest BCUT2D eigenvalue weighted by molar-refractivity contribution is 9.09. The summed E-state index contributed by atoms with van der Waals surface area (Å²) in [4.78, 5) is 25.1. The first-order valence-electron chi connectivity index (χ1n) is 4.49. The Labute approximate surface area is 95.0 Å². The first-order valence-corrected chi connectivity index (χ1v) is 5.40. The largest absolute Gasteiger partial charge is 0.368 e. The van der Waals surface area contributed by atoms with Gasteiger partial charge < -0.3 is 5.73 Å². The number of hydrogen-bond acceptors (Lipinski definition) is 5. The smallest absolute Gasteiger partial charge is 0.237 e. The summed E-state index contributed by atoms with van der Waals surface area (Å²) in [5, 5.41) is 0. The Morgan fingerprint density at radius 3 is 2.73 bits per heavy atom. The minimum absolute atomic E-state index is 0.00174. The van der Waals surface area contributed by atoms with Crippen molar-refractivity contribution >= 4 is 33.7 Å². The molecule has 0 spiro atoms. The topological polar surface area (TPSA) is 85.0 Å². The van der Waals surface area contributed by atoms with E-state index < -0.39 is 0 Å². The van der Waals surface area contributed by atoms with Crippen molar-refractivity contribution in [1.82, 2.24) is 15.0 Å². The van der Waals surface area contributed by atoms with Crippen LogP contribution in [-0.4, -0.2) is 32.2 Å². The molecule has 1 aromatic rings. The monoisotopic (exact) mass is 271 g/mol. The Bertz CT molecular complexity index is 390. The maximum absolute atomic E-state index is 11.6. The standard InChI is InChI=1S/C8H10BrN5O/c1-4-11-7(10)13-8(12-4)14-3-5(9)2-6(14)15/h5H,2-3H2,1H3,(H2,10,11,12,13). The molecule has 2 rings (SSSR count). The molecule has 2 N–H and O–H groups in total. The van der Waals surface area contributed by atoms with Crippen LogP contribution in [0.3, 0.4) is 0 Å². The quantitative estimate of drug-likeness (QED) is 0.741. The van der Waals surface area contributed by atoms with Crippen molar-refractivity contribution < 1.29 is 4.79 Å². The predicted molar refractivity (Wildman–Crippen MR) is 58.7 cm³/mol. The van der Waals surface area contributed by atoms with Crippen LogP contribution < -0.4 is 10.6 Å². The second kappa shape index (κ2) is 3.73. The van der Waals surface area contributed by atoms with Crippen molar-refractivity contribution in [2.45, 2.75) is 18.2 Å². The van der Waals surface area contributed by atoms with Gasteiger partial charge in [-0.05, 0) is 6.92 Å². The molecule has 1 unspecified atom stereocenters. The van der Waals surface area contributed by atoms with Gasteiger partial charge in [-0.25, -0.2) is 0 Å². The van der Waals surface area contributed by atoms with Crippen molar-refractivity contribution in [3.8, 4) is 0 Å². The van der Waals surface area contributed by atoms with Crippen molar-refractivity contribution in [2.75, 3.05) is 17.2 Å². The molecule has 0 bridgehead atoms. The maximum atomic E-state index is 11.6. The SMILES string of the molecule is Cc1nc(N)nc(N2CC(Br)CC2=O)n1. The van der Waals surface area contributed by atoms with Gasteiger partial charge in [0.2, 0.25) is 17.8 Å². The molecule has 1 aliphatic rings. The van der Waals surface area contributed by atoms with Crippen LogP contribution in [0.25, 0.3) is 0 Å². The summed E-state index contributed by atoms with van der Waals surface area (Å²) in [5.74, 6) is 1.00. The van der Waals surface area contributed by atoms with Crippen LogP contribution in [0.2, 0.25) is 0 Å². The molecule has 2 heterocycles. The van der Waals surface area contributed by atoms with Crippen LogP contribution >= 0.6 is 15.9 Å². The van der Waals surface area contributed by atoms with E-state index in [2.05, 4.69) is 30.9 Å². The molecule has 1 amide bonds. The van der Waals surface area contributed by atoms with Crippen LogP contribution in [0.5, 0.6) is 0 Å². The number of rotatable bonds is 1. The highest BCUT2D eigenvalue weighted by atomic mass is 79.9. The Kier molecular flexibility index (Phi) is 2.56. The fourth-order valence-corrected chi connectivity index (χ4v) is 2.03. The summed E-state index contributed by atoms with van der Waals surface area (Å²) in [5.41, 5.74) is 5.50. The van der Waals surface area contributed by atoms with Gasteiger partial charge >= 0.3 is 0 Å². The number of aryl methyl sites for hydroxylation is 1. The summed E-state index contributed by atoms with van der Waals surface area (Å²) in [6, 6.07) is 0. The number of nitrogens with zero attached hydrogens (tertiary/aromatic N) is 4. The molecular formula is C8H10BrN5O. The normalized spacial score (nSPS) is 21.1.